The largest absolute Gasteiger partial charge is 0.505 e. The standard InChI is InChI=1S/C60H96B2O4S2/c1-17-25-29-41(21-5)37-59(38-42(22-6)30-26-18-2)47-33-46-48(34-45(47)53-49(59)35-51(67-53)61-63-55(9,10)56(11,12)64-61)60(39-43(23-7)31-27-19-3,40-44(24-8)32-28-20-4)50-36-52(68-54(46)50)62-65-57(13,14)58(15,16)66-62/h33-36,41-44H,17-32,37-40H2,1-16H3. The van der Waals surface area contributed by atoms with E-state index in [-0.39, 0.29) is 47.5 Å². The first-order valence-electron chi connectivity index (χ1n) is 28.4. The molecule has 68 heavy (non-hydrogen) atoms. The molecule has 4 aliphatic rings. The number of unbranched alkanes of at least 4 members (excludes halogenated alkanes) is 4. The van der Waals surface area contributed by atoms with Gasteiger partial charge in [0.1, 0.15) is 0 Å². The number of benzene rings is 1. The highest BCUT2D eigenvalue weighted by molar-refractivity contribution is 7.26. The molecule has 4 nitrogen and oxygen atoms in total. The van der Waals surface area contributed by atoms with Crippen molar-refractivity contribution in [1.29, 1.82) is 0 Å². The fourth-order valence-electron chi connectivity index (χ4n) is 12.9. The molecule has 3 aromatic rings. The zero-order valence-corrected chi connectivity index (χ0v) is 48.0. The Morgan fingerprint density at radius 1 is 0.397 bits per heavy atom. The number of thiophene rings is 2. The average Bonchev–Trinajstić information content (AvgIpc) is 4.12. The second-order valence-corrected chi connectivity index (χ2v) is 26.7. The van der Waals surface area contributed by atoms with Crippen LogP contribution in [0.1, 0.15) is 261 Å². The first kappa shape index (κ1) is 54.4. The van der Waals surface area contributed by atoms with E-state index in [1.165, 1.54) is 159 Å². The Hall–Kier alpha value is -1.41. The lowest BCUT2D eigenvalue weighted by molar-refractivity contribution is 0.00578. The minimum Gasteiger partial charge on any atom is -0.399 e. The number of hydrogen-bond acceptors (Lipinski definition) is 6. The van der Waals surface area contributed by atoms with Gasteiger partial charge in [0.15, 0.2) is 0 Å². The predicted octanol–water partition coefficient (Wildman–Crippen LogP) is 17.4. The molecule has 0 amide bonds. The van der Waals surface area contributed by atoms with Crippen LogP contribution in [0, 0.1) is 23.7 Å². The van der Waals surface area contributed by atoms with Gasteiger partial charge in [-0.15, -0.1) is 22.7 Å². The van der Waals surface area contributed by atoms with Crippen molar-refractivity contribution in [3.8, 4) is 20.9 Å². The molecule has 0 saturated carbocycles. The summed E-state index contributed by atoms with van der Waals surface area (Å²) >= 11 is 4.00. The van der Waals surface area contributed by atoms with Gasteiger partial charge in [-0.1, -0.05) is 158 Å². The summed E-state index contributed by atoms with van der Waals surface area (Å²) in [5.41, 5.74) is 7.71. The van der Waals surface area contributed by atoms with E-state index in [0.717, 1.165) is 0 Å². The third-order valence-electron chi connectivity index (χ3n) is 18.9. The van der Waals surface area contributed by atoms with Crippen LogP contribution in [-0.2, 0) is 29.4 Å². The van der Waals surface area contributed by atoms with Gasteiger partial charge in [-0.2, -0.15) is 0 Å². The van der Waals surface area contributed by atoms with Crippen LogP contribution < -0.4 is 9.55 Å². The van der Waals surface area contributed by atoms with Crippen LogP contribution in [0.15, 0.2) is 24.3 Å². The maximum Gasteiger partial charge on any atom is 0.505 e. The lowest BCUT2D eigenvalue weighted by Crippen LogP contribution is -2.41. The van der Waals surface area contributed by atoms with E-state index in [9.17, 15) is 0 Å². The van der Waals surface area contributed by atoms with Gasteiger partial charge in [0.2, 0.25) is 0 Å². The Morgan fingerprint density at radius 2 is 0.662 bits per heavy atom. The fourth-order valence-corrected chi connectivity index (χ4v) is 15.4. The van der Waals surface area contributed by atoms with Crippen LogP contribution >= 0.6 is 22.7 Å². The number of rotatable bonds is 26. The van der Waals surface area contributed by atoms with E-state index in [0.29, 0.717) is 23.7 Å². The molecule has 8 heteroatoms. The Morgan fingerprint density at radius 3 is 0.897 bits per heavy atom. The first-order chi connectivity index (χ1) is 32.2. The maximum absolute atomic E-state index is 6.92. The molecule has 2 saturated heterocycles. The highest BCUT2D eigenvalue weighted by Crippen LogP contribution is 2.64. The van der Waals surface area contributed by atoms with E-state index < -0.39 is 0 Å². The molecule has 0 radical (unpaired) electrons. The van der Waals surface area contributed by atoms with Crippen molar-refractivity contribution in [2.24, 2.45) is 23.7 Å². The zero-order valence-electron chi connectivity index (χ0n) is 46.4. The monoisotopic (exact) mass is 967 g/mol. The van der Waals surface area contributed by atoms with Crippen LogP contribution in [0.2, 0.25) is 0 Å². The Bertz CT molecular complexity index is 1930. The lowest BCUT2D eigenvalue weighted by Gasteiger charge is -2.40. The molecule has 4 heterocycles. The highest BCUT2D eigenvalue weighted by Gasteiger charge is 2.57. The SMILES string of the molecule is CCCCC(CC)CC1(CC(CC)CCCC)c2cc3c(cc2-c2sc(B4OC(C)(C)C(C)(C)O4)cc21)C(CC(CC)CCCC)(CC(CC)CCCC)c1cc(B2OC(C)(C)C(C)(C)O2)sc1-3. The summed E-state index contributed by atoms with van der Waals surface area (Å²) < 4.78 is 30.2. The van der Waals surface area contributed by atoms with E-state index in [4.69, 9.17) is 18.6 Å². The molecule has 4 atom stereocenters. The normalized spacial score (nSPS) is 24.5. The first-order valence-corrected chi connectivity index (χ1v) is 30.1. The molecule has 2 aliphatic heterocycles. The predicted molar refractivity (Wildman–Crippen MR) is 298 cm³/mol. The summed E-state index contributed by atoms with van der Waals surface area (Å²) in [5.74, 6) is 2.63. The molecule has 0 spiro atoms. The van der Waals surface area contributed by atoms with Crippen molar-refractivity contribution in [1.82, 2.24) is 0 Å². The average molecular weight is 967 g/mol. The molecular weight excluding hydrogens is 870 g/mol. The third-order valence-corrected chi connectivity index (χ3v) is 21.3. The van der Waals surface area contributed by atoms with Crippen LogP contribution in [0.3, 0.4) is 0 Å². The summed E-state index contributed by atoms with van der Waals surface area (Å²) in [6.07, 6.45) is 25.1. The van der Waals surface area contributed by atoms with Gasteiger partial charge < -0.3 is 18.6 Å². The summed E-state index contributed by atoms with van der Waals surface area (Å²) in [7, 11) is -0.717. The number of fused-ring (bicyclic) bond motifs is 6. The minimum atomic E-state index is -0.389. The van der Waals surface area contributed by atoms with Crippen molar-refractivity contribution < 1.29 is 18.6 Å². The van der Waals surface area contributed by atoms with Gasteiger partial charge in [-0.05, 0) is 162 Å². The molecule has 378 valence electrons. The summed E-state index contributed by atoms with van der Waals surface area (Å²) in [4.78, 5) is 3.00. The fraction of sp³-hybridized carbons (Fsp3) is 0.767. The van der Waals surface area contributed by atoms with E-state index >= 15 is 0 Å². The molecular formula is C60H96B2O4S2. The summed E-state index contributed by atoms with van der Waals surface area (Å²) in [6.45, 7) is 37.1. The third kappa shape index (κ3) is 10.1. The van der Waals surface area contributed by atoms with Crippen molar-refractivity contribution in [2.75, 3.05) is 0 Å². The van der Waals surface area contributed by atoms with Crippen molar-refractivity contribution >= 4 is 46.5 Å². The topological polar surface area (TPSA) is 36.9 Å². The van der Waals surface area contributed by atoms with Crippen LogP contribution in [0.5, 0.6) is 0 Å². The second kappa shape index (κ2) is 21.6. The van der Waals surface area contributed by atoms with Crippen LogP contribution in [-0.4, -0.2) is 36.6 Å². The van der Waals surface area contributed by atoms with Gasteiger partial charge in [0.05, 0.1) is 22.4 Å². The van der Waals surface area contributed by atoms with Gasteiger partial charge >= 0.3 is 14.2 Å². The maximum atomic E-state index is 6.92. The Labute approximate surface area is 426 Å². The summed E-state index contributed by atoms with van der Waals surface area (Å²) in [5, 5.41) is 0. The second-order valence-electron chi connectivity index (χ2n) is 24.5. The Balaban J connectivity index is 1.53. The van der Waals surface area contributed by atoms with Gasteiger partial charge in [-0.3, -0.25) is 0 Å². The Kier molecular flexibility index (Phi) is 17.3. The van der Waals surface area contributed by atoms with E-state index in [1.54, 1.807) is 22.3 Å². The lowest BCUT2D eigenvalue weighted by atomic mass is 9.63. The molecule has 7 rings (SSSR count). The zero-order chi connectivity index (χ0) is 49.5. The molecule has 1 aromatic carbocycles. The summed E-state index contributed by atoms with van der Waals surface area (Å²) in [6, 6.07) is 10.9. The molecule has 2 aromatic heterocycles. The molecule has 2 aliphatic carbocycles. The molecule has 0 bridgehead atoms. The highest BCUT2D eigenvalue weighted by atomic mass is 32.1. The molecule has 0 N–H and O–H groups in total. The van der Waals surface area contributed by atoms with Crippen molar-refractivity contribution in [3.05, 3.63) is 46.5 Å². The molecule has 4 unspecified atom stereocenters. The van der Waals surface area contributed by atoms with Crippen LogP contribution in [0.25, 0.3) is 20.9 Å². The van der Waals surface area contributed by atoms with E-state index in [1.807, 2.05) is 22.7 Å². The van der Waals surface area contributed by atoms with Crippen molar-refractivity contribution in [2.45, 2.75) is 272 Å². The number of hydrogen-bond donors (Lipinski definition) is 0. The van der Waals surface area contributed by atoms with Gasteiger partial charge in [0, 0.05) is 30.1 Å². The smallest absolute Gasteiger partial charge is 0.399 e. The van der Waals surface area contributed by atoms with Crippen LogP contribution in [0.4, 0.5) is 0 Å². The quantitative estimate of drug-likeness (QED) is 0.0751. The van der Waals surface area contributed by atoms with Crippen molar-refractivity contribution in [3.63, 3.8) is 0 Å². The van der Waals surface area contributed by atoms with Gasteiger partial charge in [0.25, 0.3) is 0 Å². The minimum absolute atomic E-state index is 0.0850. The molecule has 2 fully saturated rings. The van der Waals surface area contributed by atoms with Gasteiger partial charge in [-0.25, -0.2) is 0 Å². The van der Waals surface area contributed by atoms with E-state index in [2.05, 4.69) is 135 Å².